The minimum atomic E-state index is -4.55. The fourth-order valence-electron chi connectivity index (χ4n) is 1.84. The lowest BCUT2D eigenvalue weighted by atomic mass is 10.1. The summed E-state index contributed by atoms with van der Waals surface area (Å²) in [5.74, 6) is 0.657. The molecule has 126 valence electrons. The highest BCUT2D eigenvalue weighted by molar-refractivity contribution is 5.55. The third-order valence-corrected chi connectivity index (χ3v) is 2.90. The molecule has 0 aliphatic carbocycles. The second kappa shape index (κ2) is 7.32. The fraction of sp³-hybridized carbons (Fsp3) is 0.429. The third-order valence-electron chi connectivity index (χ3n) is 2.90. The highest BCUT2D eigenvalue weighted by Gasteiger charge is 2.34. The zero-order valence-electron chi connectivity index (χ0n) is 12.4. The molecule has 0 saturated carbocycles. The Hall–Kier alpha value is -2.29. The van der Waals surface area contributed by atoms with Gasteiger partial charge in [0, 0.05) is 12.1 Å². The van der Waals surface area contributed by atoms with Crippen LogP contribution in [-0.4, -0.2) is 28.5 Å². The summed E-state index contributed by atoms with van der Waals surface area (Å²) in [6.07, 6.45) is -4.00. The Morgan fingerprint density at radius 3 is 2.61 bits per heavy atom. The molecule has 0 bridgehead atoms. The Morgan fingerprint density at radius 2 is 2.00 bits per heavy atom. The third kappa shape index (κ3) is 4.59. The largest absolute Gasteiger partial charge is 0.491 e. The molecule has 23 heavy (non-hydrogen) atoms. The first-order valence-electron chi connectivity index (χ1n) is 6.94. The van der Waals surface area contributed by atoms with Gasteiger partial charge in [-0.1, -0.05) is 6.92 Å². The number of anilines is 1. The van der Waals surface area contributed by atoms with E-state index in [1.54, 1.807) is 0 Å². The van der Waals surface area contributed by atoms with Crippen LogP contribution < -0.4 is 10.1 Å². The maximum Gasteiger partial charge on any atom is 0.418 e. The van der Waals surface area contributed by atoms with Crippen molar-refractivity contribution in [1.29, 1.82) is 0 Å². The van der Waals surface area contributed by atoms with Crippen molar-refractivity contribution in [3.8, 4) is 5.75 Å². The number of aliphatic hydroxyl groups excluding tert-OH is 1. The van der Waals surface area contributed by atoms with Gasteiger partial charge in [0.1, 0.15) is 12.4 Å². The molecule has 0 amide bonds. The topological polar surface area (TPSA) is 80.4 Å². The maximum absolute atomic E-state index is 13.1. The number of ether oxygens (including phenoxy) is 1. The summed E-state index contributed by atoms with van der Waals surface area (Å²) in [6, 6.07) is 3.52. The number of benzene rings is 1. The standard InChI is InChI=1S/C14H16F3N3O3/c1-2-12-19-20-13(23-12)8-18-11-4-3-9(22-6-5-21)7-10(11)14(15,16)17/h3-4,7,18,21H,2,5-6,8H2,1H3. The van der Waals surface area contributed by atoms with Gasteiger partial charge in [0.2, 0.25) is 11.8 Å². The molecule has 1 aromatic carbocycles. The molecule has 0 saturated heterocycles. The van der Waals surface area contributed by atoms with Gasteiger partial charge in [0.15, 0.2) is 0 Å². The molecule has 2 N–H and O–H groups in total. The minimum absolute atomic E-state index is 0.0209. The minimum Gasteiger partial charge on any atom is -0.491 e. The number of aryl methyl sites for hydroxylation is 1. The summed E-state index contributed by atoms with van der Waals surface area (Å²) in [5, 5.41) is 18.8. The average Bonchev–Trinajstić information content (AvgIpc) is 2.98. The molecule has 0 spiro atoms. The van der Waals surface area contributed by atoms with Crippen molar-refractivity contribution in [3.05, 3.63) is 35.5 Å². The van der Waals surface area contributed by atoms with Crippen molar-refractivity contribution in [2.75, 3.05) is 18.5 Å². The van der Waals surface area contributed by atoms with E-state index in [2.05, 4.69) is 15.5 Å². The van der Waals surface area contributed by atoms with Crippen molar-refractivity contribution in [3.63, 3.8) is 0 Å². The molecular formula is C14H16F3N3O3. The zero-order chi connectivity index (χ0) is 16.9. The van der Waals surface area contributed by atoms with Gasteiger partial charge in [-0.25, -0.2) is 0 Å². The molecule has 9 heteroatoms. The average molecular weight is 331 g/mol. The number of aromatic nitrogens is 2. The number of rotatable bonds is 7. The van der Waals surface area contributed by atoms with Crippen LogP contribution in [0.15, 0.2) is 22.6 Å². The summed E-state index contributed by atoms with van der Waals surface area (Å²) in [7, 11) is 0. The van der Waals surface area contributed by atoms with Gasteiger partial charge in [-0.2, -0.15) is 13.2 Å². The maximum atomic E-state index is 13.1. The lowest BCUT2D eigenvalue weighted by Gasteiger charge is -2.15. The van der Waals surface area contributed by atoms with Crippen LogP contribution >= 0.6 is 0 Å². The van der Waals surface area contributed by atoms with E-state index in [9.17, 15) is 13.2 Å². The van der Waals surface area contributed by atoms with Gasteiger partial charge in [0.25, 0.3) is 0 Å². The van der Waals surface area contributed by atoms with E-state index >= 15 is 0 Å². The first-order chi connectivity index (χ1) is 10.9. The lowest BCUT2D eigenvalue weighted by Crippen LogP contribution is -2.12. The first-order valence-corrected chi connectivity index (χ1v) is 6.94. The molecule has 1 aromatic heterocycles. The highest BCUT2D eigenvalue weighted by Crippen LogP contribution is 2.37. The van der Waals surface area contributed by atoms with Gasteiger partial charge in [-0.05, 0) is 18.2 Å². The number of nitrogens with zero attached hydrogens (tertiary/aromatic N) is 2. The van der Waals surface area contributed by atoms with Crippen LogP contribution in [0.25, 0.3) is 0 Å². The molecule has 0 radical (unpaired) electrons. The Balaban J connectivity index is 2.16. The number of aliphatic hydroxyl groups is 1. The summed E-state index contributed by atoms with van der Waals surface area (Å²) < 4.78 is 49.7. The van der Waals surface area contributed by atoms with E-state index in [1.807, 2.05) is 6.92 Å². The van der Waals surface area contributed by atoms with Crippen LogP contribution in [0.4, 0.5) is 18.9 Å². The van der Waals surface area contributed by atoms with Gasteiger partial charge in [-0.3, -0.25) is 0 Å². The monoisotopic (exact) mass is 331 g/mol. The van der Waals surface area contributed by atoms with E-state index in [0.717, 1.165) is 6.07 Å². The predicted molar refractivity (Wildman–Crippen MR) is 75.0 cm³/mol. The van der Waals surface area contributed by atoms with Gasteiger partial charge in [-0.15, -0.1) is 10.2 Å². The van der Waals surface area contributed by atoms with Crippen molar-refractivity contribution in [2.24, 2.45) is 0 Å². The van der Waals surface area contributed by atoms with E-state index in [0.29, 0.717) is 12.3 Å². The summed E-state index contributed by atoms with van der Waals surface area (Å²) >= 11 is 0. The van der Waals surface area contributed by atoms with E-state index in [4.69, 9.17) is 14.3 Å². The van der Waals surface area contributed by atoms with Gasteiger partial charge in [0.05, 0.1) is 18.7 Å². The second-order valence-electron chi connectivity index (χ2n) is 4.57. The molecule has 0 unspecified atom stereocenters. The zero-order valence-corrected chi connectivity index (χ0v) is 12.4. The molecule has 0 fully saturated rings. The SMILES string of the molecule is CCc1nnc(CNc2ccc(OCCO)cc2C(F)(F)F)o1. The molecule has 2 aromatic rings. The van der Waals surface area contributed by atoms with Crippen LogP contribution in [0.2, 0.25) is 0 Å². The number of hydrogen-bond donors (Lipinski definition) is 2. The van der Waals surface area contributed by atoms with Crippen LogP contribution in [0.1, 0.15) is 24.3 Å². The van der Waals surface area contributed by atoms with Crippen LogP contribution in [0.5, 0.6) is 5.75 Å². The van der Waals surface area contributed by atoms with Crippen LogP contribution in [-0.2, 0) is 19.1 Å². The number of hydrogen-bond acceptors (Lipinski definition) is 6. The normalized spacial score (nSPS) is 11.5. The number of alkyl halides is 3. The Bertz CT molecular complexity index is 644. The number of halogens is 3. The Kier molecular flexibility index (Phi) is 5.43. The molecule has 2 rings (SSSR count). The van der Waals surface area contributed by atoms with Crippen molar-refractivity contribution < 1.29 is 27.4 Å². The van der Waals surface area contributed by atoms with Crippen LogP contribution in [0, 0.1) is 0 Å². The summed E-state index contributed by atoms with van der Waals surface area (Å²) in [6.45, 7) is 1.45. The number of nitrogens with one attached hydrogen (secondary N) is 1. The lowest BCUT2D eigenvalue weighted by molar-refractivity contribution is -0.137. The Labute approximate surface area is 130 Å². The van der Waals surface area contributed by atoms with Crippen molar-refractivity contribution >= 4 is 5.69 Å². The first kappa shape index (κ1) is 17.1. The van der Waals surface area contributed by atoms with Gasteiger partial charge < -0.3 is 19.6 Å². The van der Waals surface area contributed by atoms with Crippen LogP contribution in [0.3, 0.4) is 0 Å². The van der Waals surface area contributed by atoms with Gasteiger partial charge >= 0.3 is 6.18 Å². The Morgan fingerprint density at radius 1 is 1.26 bits per heavy atom. The molecule has 0 aliphatic rings. The summed E-state index contributed by atoms with van der Waals surface area (Å²) in [5.41, 5.74) is -0.992. The van der Waals surface area contributed by atoms with E-state index in [-0.39, 0.29) is 37.1 Å². The van der Waals surface area contributed by atoms with E-state index < -0.39 is 11.7 Å². The molecule has 0 atom stereocenters. The molecular weight excluding hydrogens is 315 g/mol. The smallest absolute Gasteiger partial charge is 0.418 e. The quantitative estimate of drug-likeness (QED) is 0.812. The highest BCUT2D eigenvalue weighted by atomic mass is 19.4. The van der Waals surface area contributed by atoms with Crippen molar-refractivity contribution in [2.45, 2.75) is 26.1 Å². The molecule has 1 heterocycles. The fourth-order valence-corrected chi connectivity index (χ4v) is 1.84. The molecule has 6 nitrogen and oxygen atoms in total. The molecule has 0 aliphatic heterocycles. The second-order valence-corrected chi connectivity index (χ2v) is 4.57. The summed E-state index contributed by atoms with van der Waals surface area (Å²) in [4.78, 5) is 0. The predicted octanol–water partition coefficient (Wildman–Crippen LogP) is 2.63. The van der Waals surface area contributed by atoms with E-state index in [1.165, 1.54) is 12.1 Å². The van der Waals surface area contributed by atoms with Crippen molar-refractivity contribution in [1.82, 2.24) is 10.2 Å².